The van der Waals surface area contributed by atoms with Gasteiger partial charge in [0.1, 0.15) is 0 Å². The van der Waals surface area contributed by atoms with Crippen molar-refractivity contribution >= 4 is 73.7 Å². The van der Waals surface area contributed by atoms with Gasteiger partial charge in [-0.25, -0.2) is 4.79 Å². The molecule has 0 amide bonds. The summed E-state index contributed by atoms with van der Waals surface area (Å²) in [7, 11) is 0. The third kappa shape index (κ3) is 4.94. The molecule has 110 valence electrons. The van der Waals surface area contributed by atoms with Gasteiger partial charge in [-0.1, -0.05) is 0 Å². The number of carbonyl (C=O) groups is 1. The standard InChI is InChI=1S/C14H16I3NO2/c15-10-7-11(13(17)12(16)8-10)14(19)20-6-3-9-1-4-18-5-2-9/h7-9,18H,1-6H2. The van der Waals surface area contributed by atoms with E-state index in [2.05, 4.69) is 79.2 Å². The predicted octanol–water partition coefficient (Wildman–Crippen LogP) is 4.05. The largest absolute Gasteiger partial charge is 0.462 e. The molecule has 1 aliphatic heterocycles. The van der Waals surface area contributed by atoms with Crippen molar-refractivity contribution in [2.75, 3.05) is 19.7 Å². The first-order chi connectivity index (χ1) is 9.58. The van der Waals surface area contributed by atoms with E-state index in [1.807, 2.05) is 6.07 Å². The van der Waals surface area contributed by atoms with Gasteiger partial charge in [0.25, 0.3) is 0 Å². The second-order valence-electron chi connectivity index (χ2n) is 4.87. The SMILES string of the molecule is O=C(OCCC1CCNCC1)c1cc(I)cc(I)c1I. The number of hydrogen-bond donors (Lipinski definition) is 1. The number of hydrogen-bond acceptors (Lipinski definition) is 3. The zero-order valence-corrected chi connectivity index (χ0v) is 17.4. The Morgan fingerprint density at radius 2 is 1.95 bits per heavy atom. The normalized spacial score (nSPS) is 16.1. The molecule has 1 aromatic rings. The topological polar surface area (TPSA) is 38.3 Å². The summed E-state index contributed by atoms with van der Waals surface area (Å²) in [5.41, 5.74) is 0.687. The molecule has 0 atom stereocenters. The van der Waals surface area contributed by atoms with Gasteiger partial charge in [0.2, 0.25) is 0 Å². The van der Waals surface area contributed by atoms with E-state index in [0.29, 0.717) is 18.1 Å². The highest BCUT2D eigenvalue weighted by Crippen LogP contribution is 2.24. The van der Waals surface area contributed by atoms with Crippen LogP contribution in [0.4, 0.5) is 0 Å². The van der Waals surface area contributed by atoms with Gasteiger partial charge in [-0.05, 0) is 118 Å². The Hall–Kier alpha value is 0.840. The van der Waals surface area contributed by atoms with E-state index in [4.69, 9.17) is 4.74 Å². The van der Waals surface area contributed by atoms with Crippen LogP contribution in [0.1, 0.15) is 29.6 Å². The quantitative estimate of drug-likeness (QED) is 0.318. The number of benzene rings is 1. The van der Waals surface area contributed by atoms with Crippen molar-refractivity contribution in [3.63, 3.8) is 0 Å². The van der Waals surface area contributed by atoms with Crippen LogP contribution in [-0.2, 0) is 4.74 Å². The average molecular weight is 611 g/mol. The van der Waals surface area contributed by atoms with Crippen molar-refractivity contribution in [3.05, 3.63) is 28.4 Å². The van der Waals surface area contributed by atoms with Crippen LogP contribution in [0.2, 0.25) is 0 Å². The highest BCUT2D eigenvalue weighted by Gasteiger charge is 2.17. The number of rotatable bonds is 4. The summed E-state index contributed by atoms with van der Waals surface area (Å²) in [6, 6.07) is 3.96. The lowest BCUT2D eigenvalue weighted by Crippen LogP contribution is -2.28. The summed E-state index contributed by atoms with van der Waals surface area (Å²) in [5.74, 6) is 0.499. The minimum Gasteiger partial charge on any atom is -0.462 e. The van der Waals surface area contributed by atoms with Gasteiger partial charge in [0.05, 0.1) is 12.2 Å². The molecule has 1 aliphatic rings. The van der Waals surface area contributed by atoms with E-state index < -0.39 is 0 Å². The molecule has 0 radical (unpaired) electrons. The Labute approximate surface area is 160 Å². The van der Waals surface area contributed by atoms with Crippen LogP contribution in [-0.4, -0.2) is 25.7 Å². The second kappa shape index (κ2) is 8.47. The maximum atomic E-state index is 12.2. The Kier molecular flexibility index (Phi) is 7.28. The highest BCUT2D eigenvalue weighted by atomic mass is 127. The maximum Gasteiger partial charge on any atom is 0.339 e. The molecular formula is C14H16I3NO2. The lowest BCUT2D eigenvalue weighted by Gasteiger charge is -2.22. The van der Waals surface area contributed by atoms with Gasteiger partial charge in [-0.3, -0.25) is 0 Å². The summed E-state index contributed by atoms with van der Waals surface area (Å²) in [4.78, 5) is 12.2. The number of piperidine rings is 1. The van der Waals surface area contributed by atoms with E-state index in [1.165, 1.54) is 12.8 Å². The number of nitrogens with one attached hydrogen (secondary N) is 1. The lowest BCUT2D eigenvalue weighted by atomic mass is 9.95. The number of esters is 1. The minimum atomic E-state index is -0.195. The molecule has 1 fully saturated rings. The molecule has 2 rings (SSSR count). The molecule has 0 aliphatic carbocycles. The van der Waals surface area contributed by atoms with Gasteiger partial charge in [-0.15, -0.1) is 0 Å². The zero-order chi connectivity index (χ0) is 14.5. The van der Waals surface area contributed by atoms with E-state index in [-0.39, 0.29) is 5.97 Å². The molecule has 0 bridgehead atoms. The Bertz CT molecular complexity index is 488. The first-order valence-electron chi connectivity index (χ1n) is 6.60. The summed E-state index contributed by atoms with van der Waals surface area (Å²) in [6.07, 6.45) is 3.36. The fourth-order valence-corrected chi connectivity index (χ4v) is 4.65. The van der Waals surface area contributed by atoms with Crippen LogP contribution in [0.15, 0.2) is 12.1 Å². The van der Waals surface area contributed by atoms with Crippen molar-refractivity contribution in [3.8, 4) is 0 Å². The molecule has 1 aromatic carbocycles. The van der Waals surface area contributed by atoms with E-state index in [1.54, 1.807) is 0 Å². The average Bonchev–Trinajstić information content (AvgIpc) is 2.44. The Morgan fingerprint density at radius 3 is 2.65 bits per heavy atom. The molecule has 6 heteroatoms. The Morgan fingerprint density at radius 1 is 1.25 bits per heavy atom. The van der Waals surface area contributed by atoms with Crippen molar-refractivity contribution < 1.29 is 9.53 Å². The minimum absolute atomic E-state index is 0.195. The molecule has 3 nitrogen and oxygen atoms in total. The van der Waals surface area contributed by atoms with Crippen LogP contribution >= 0.6 is 67.8 Å². The zero-order valence-electron chi connectivity index (χ0n) is 10.9. The first kappa shape index (κ1) is 17.2. The molecular weight excluding hydrogens is 595 g/mol. The third-order valence-electron chi connectivity index (χ3n) is 3.43. The van der Waals surface area contributed by atoms with Crippen LogP contribution in [0, 0.1) is 16.6 Å². The van der Waals surface area contributed by atoms with E-state index in [9.17, 15) is 4.79 Å². The van der Waals surface area contributed by atoms with Crippen LogP contribution in [0.25, 0.3) is 0 Å². The number of ether oxygens (including phenoxy) is 1. The van der Waals surface area contributed by atoms with Crippen molar-refractivity contribution in [2.24, 2.45) is 5.92 Å². The molecule has 0 spiro atoms. The fraction of sp³-hybridized carbons (Fsp3) is 0.500. The number of carbonyl (C=O) groups excluding carboxylic acids is 1. The fourth-order valence-electron chi connectivity index (χ4n) is 2.27. The molecule has 1 saturated heterocycles. The molecule has 0 aromatic heterocycles. The summed E-state index contributed by atoms with van der Waals surface area (Å²) in [6.45, 7) is 2.71. The molecule has 1 N–H and O–H groups in total. The molecule has 0 saturated carbocycles. The summed E-state index contributed by atoms with van der Waals surface area (Å²) < 4.78 is 8.60. The van der Waals surface area contributed by atoms with Crippen LogP contribution < -0.4 is 5.32 Å². The Balaban J connectivity index is 1.88. The summed E-state index contributed by atoms with van der Waals surface area (Å²) >= 11 is 6.70. The van der Waals surface area contributed by atoms with Crippen molar-refractivity contribution in [2.45, 2.75) is 19.3 Å². The third-order valence-corrected chi connectivity index (χ3v) is 7.10. The lowest BCUT2D eigenvalue weighted by molar-refractivity contribution is 0.0475. The molecule has 1 heterocycles. The van der Waals surface area contributed by atoms with Gasteiger partial charge < -0.3 is 10.1 Å². The highest BCUT2D eigenvalue weighted by molar-refractivity contribution is 14.1. The smallest absolute Gasteiger partial charge is 0.339 e. The number of halogens is 3. The van der Waals surface area contributed by atoms with Crippen LogP contribution in [0.5, 0.6) is 0 Å². The van der Waals surface area contributed by atoms with E-state index in [0.717, 1.165) is 30.2 Å². The van der Waals surface area contributed by atoms with Gasteiger partial charge >= 0.3 is 5.97 Å². The monoisotopic (exact) mass is 611 g/mol. The predicted molar refractivity (Wildman–Crippen MR) is 105 cm³/mol. The molecule has 0 unspecified atom stereocenters. The first-order valence-corrected chi connectivity index (χ1v) is 9.84. The molecule has 20 heavy (non-hydrogen) atoms. The van der Waals surface area contributed by atoms with Crippen LogP contribution in [0.3, 0.4) is 0 Å². The van der Waals surface area contributed by atoms with E-state index >= 15 is 0 Å². The van der Waals surface area contributed by atoms with Crippen molar-refractivity contribution in [1.82, 2.24) is 5.32 Å². The maximum absolute atomic E-state index is 12.2. The second-order valence-corrected chi connectivity index (χ2v) is 8.35. The van der Waals surface area contributed by atoms with Crippen molar-refractivity contribution in [1.29, 1.82) is 0 Å². The van der Waals surface area contributed by atoms with Gasteiger partial charge in [0, 0.05) is 10.7 Å². The van der Waals surface area contributed by atoms with Gasteiger partial charge in [0.15, 0.2) is 0 Å². The van der Waals surface area contributed by atoms with Gasteiger partial charge in [-0.2, -0.15) is 0 Å². The summed E-state index contributed by atoms with van der Waals surface area (Å²) in [5, 5.41) is 3.35.